The number of cyclic esters (lactones) is 1. The monoisotopic (exact) mass is 157 g/mol. The van der Waals surface area contributed by atoms with Crippen LogP contribution in [0.4, 0.5) is 4.79 Å². The molecule has 1 fully saturated rings. The molecule has 64 valence electrons. The summed E-state index contributed by atoms with van der Waals surface area (Å²) in [6.45, 7) is 7.49. The molecule has 0 spiro atoms. The van der Waals surface area contributed by atoms with Crippen LogP contribution in [-0.2, 0) is 4.74 Å². The lowest BCUT2D eigenvalue weighted by atomic mass is 10.1. The molecular weight excluding hydrogens is 142 g/mol. The summed E-state index contributed by atoms with van der Waals surface area (Å²) in [7, 11) is 0. The number of nitrogens with zero attached hydrogens (tertiary/aromatic N) is 1. The minimum atomic E-state index is -0.168. The van der Waals surface area contributed by atoms with Crippen LogP contribution in [0.3, 0.4) is 0 Å². The second kappa shape index (κ2) is 3.11. The molecule has 1 amide bonds. The first-order valence-corrected chi connectivity index (χ1v) is 4.04. The van der Waals surface area contributed by atoms with Crippen molar-refractivity contribution in [3.63, 3.8) is 0 Å². The molecule has 11 heavy (non-hydrogen) atoms. The lowest BCUT2D eigenvalue weighted by molar-refractivity contribution is 0.0367. The Kier molecular flexibility index (Phi) is 2.37. The summed E-state index contributed by atoms with van der Waals surface area (Å²) in [6, 6.07) is 0.255. The summed E-state index contributed by atoms with van der Waals surface area (Å²) < 4.78 is 4.95. The highest BCUT2D eigenvalue weighted by Crippen LogP contribution is 2.12. The topological polar surface area (TPSA) is 29.5 Å². The minimum Gasteiger partial charge on any atom is -0.449 e. The molecule has 0 aromatic heterocycles. The van der Waals surface area contributed by atoms with Crippen LogP contribution >= 0.6 is 0 Å². The van der Waals surface area contributed by atoms with Gasteiger partial charge in [-0.1, -0.05) is 6.92 Å². The van der Waals surface area contributed by atoms with Crippen molar-refractivity contribution in [3.8, 4) is 0 Å². The van der Waals surface area contributed by atoms with E-state index in [1.807, 2.05) is 13.8 Å². The molecule has 0 aromatic carbocycles. The summed E-state index contributed by atoms with van der Waals surface area (Å²) in [5, 5.41) is 0. The van der Waals surface area contributed by atoms with Crippen molar-refractivity contribution < 1.29 is 9.53 Å². The fraction of sp³-hybridized carbons (Fsp3) is 0.875. The quantitative estimate of drug-likeness (QED) is 0.577. The number of ether oxygens (including phenoxy) is 1. The number of rotatable bonds is 1. The van der Waals surface area contributed by atoms with Gasteiger partial charge in [-0.25, -0.2) is 4.79 Å². The molecule has 0 radical (unpaired) electrons. The highest BCUT2D eigenvalue weighted by atomic mass is 16.6. The molecule has 1 rings (SSSR count). The maximum atomic E-state index is 11.1. The number of hydrogen-bond donors (Lipinski definition) is 0. The molecule has 1 unspecified atom stereocenters. The van der Waals surface area contributed by atoms with E-state index in [2.05, 4.69) is 6.92 Å². The third-order valence-electron chi connectivity index (χ3n) is 1.86. The molecule has 3 nitrogen and oxygen atoms in total. The predicted molar refractivity (Wildman–Crippen MR) is 42.4 cm³/mol. The fourth-order valence-corrected chi connectivity index (χ4v) is 1.18. The molecule has 0 aromatic rings. The van der Waals surface area contributed by atoms with E-state index in [0.717, 1.165) is 6.54 Å². The Balaban J connectivity index is 2.54. The Morgan fingerprint density at radius 2 is 2.27 bits per heavy atom. The van der Waals surface area contributed by atoms with E-state index >= 15 is 0 Å². The SMILES string of the molecule is CC1COC(=O)N(C(C)C)C1. The summed E-state index contributed by atoms with van der Waals surface area (Å²) in [5.41, 5.74) is 0. The fourth-order valence-electron chi connectivity index (χ4n) is 1.18. The standard InChI is InChI=1S/C8H15NO2/c1-6(2)9-4-7(3)5-11-8(9)10/h6-7H,4-5H2,1-3H3. The molecule has 1 heterocycles. The highest BCUT2D eigenvalue weighted by molar-refractivity contribution is 5.68. The first-order chi connectivity index (χ1) is 5.11. The van der Waals surface area contributed by atoms with Gasteiger partial charge in [0, 0.05) is 18.5 Å². The minimum absolute atomic E-state index is 0.168. The summed E-state index contributed by atoms with van der Waals surface area (Å²) >= 11 is 0. The van der Waals surface area contributed by atoms with E-state index in [0.29, 0.717) is 12.5 Å². The van der Waals surface area contributed by atoms with E-state index in [4.69, 9.17) is 4.74 Å². The number of carbonyl (C=O) groups is 1. The largest absolute Gasteiger partial charge is 0.449 e. The summed E-state index contributed by atoms with van der Waals surface area (Å²) in [5.74, 6) is 0.468. The lowest BCUT2D eigenvalue weighted by Gasteiger charge is -2.33. The average molecular weight is 157 g/mol. The van der Waals surface area contributed by atoms with Crippen molar-refractivity contribution >= 4 is 6.09 Å². The first kappa shape index (κ1) is 8.37. The van der Waals surface area contributed by atoms with Gasteiger partial charge >= 0.3 is 6.09 Å². The van der Waals surface area contributed by atoms with Crippen LogP contribution in [0, 0.1) is 5.92 Å². The predicted octanol–water partition coefficient (Wildman–Crippen LogP) is 1.48. The number of hydrogen-bond acceptors (Lipinski definition) is 2. The van der Waals surface area contributed by atoms with Gasteiger partial charge in [0.05, 0.1) is 6.61 Å². The Morgan fingerprint density at radius 1 is 1.64 bits per heavy atom. The lowest BCUT2D eigenvalue weighted by Crippen LogP contribution is -2.45. The van der Waals surface area contributed by atoms with Crippen LogP contribution in [0.2, 0.25) is 0 Å². The summed E-state index contributed by atoms with van der Waals surface area (Å²) in [6.07, 6.45) is -0.168. The van der Waals surface area contributed by atoms with Gasteiger partial charge in [0.1, 0.15) is 0 Å². The van der Waals surface area contributed by atoms with Crippen LogP contribution in [-0.4, -0.2) is 30.2 Å². The number of carbonyl (C=O) groups excluding carboxylic acids is 1. The van der Waals surface area contributed by atoms with Crippen molar-refractivity contribution in [3.05, 3.63) is 0 Å². The van der Waals surface area contributed by atoms with Gasteiger partial charge < -0.3 is 9.64 Å². The molecule has 1 aliphatic rings. The highest BCUT2D eigenvalue weighted by Gasteiger charge is 2.25. The van der Waals surface area contributed by atoms with Crippen LogP contribution in [0.5, 0.6) is 0 Å². The van der Waals surface area contributed by atoms with Gasteiger partial charge in [-0.15, -0.1) is 0 Å². The van der Waals surface area contributed by atoms with Crippen molar-refractivity contribution in [2.45, 2.75) is 26.8 Å². The molecule has 0 aliphatic carbocycles. The van der Waals surface area contributed by atoms with Crippen molar-refractivity contribution in [1.29, 1.82) is 0 Å². The normalized spacial score (nSPS) is 25.6. The molecule has 1 aliphatic heterocycles. The van der Waals surface area contributed by atoms with Crippen molar-refractivity contribution in [2.75, 3.05) is 13.2 Å². The second-order valence-corrected chi connectivity index (χ2v) is 3.43. The van der Waals surface area contributed by atoms with Crippen molar-refractivity contribution in [1.82, 2.24) is 4.90 Å². The van der Waals surface area contributed by atoms with E-state index in [1.165, 1.54) is 0 Å². The maximum Gasteiger partial charge on any atom is 0.410 e. The number of amides is 1. The van der Waals surface area contributed by atoms with E-state index in [9.17, 15) is 4.79 Å². The molecule has 1 saturated heterocycles. The molecule has 0 saturated carbocycles. The van der Waals surface area contributed by atoms with Crippen LogP contribution in [0.25, 0.3) is 0 Å². The van der Waals surface area contributed by atoms with Crippen LogP contribution in [0.15, 0.2) is 0 Å². The van der Waals surface area contributed by atoms with Gasteiger partial charge in [0.25, 0.3) is 0 Å². The Hall–Kier alpha value is -0.730. The molecular formula is C8H15NO2. The van der Waals surface area contributed by atoms with Gasteiger partial charge in [-0.05, 0) is 13.8 Å². The van der Waals surface area contributed by atoms with Gasteiger partial charge in [-0.2, -0.15) is 0 Å². The average Bonchev–Trinajstić information content (AvgIpc) is 1.94. The molecule has 0 N–H and O–H groups in total. The first-order valence-electron chi connectivity index (χ1n) is 4.04. The van der Waals surface area contributed by atoms with Crippen LogP contribution in [0.1, 0.15) is 20.8 Å². The third kappa shape index (κ3) is 1.85. The Morgan fingerprint density at radius 3 is 2.73 bits per heavy atom. The zero-order valence-corrected chi connectivity index (χ0v) is 7.33. The summed E-state index contributed by atoms with van der Waals surface area (Å²) in [4.78, 5) is 12.8. The smallest absolute Gasteiger partial charge is 0.410 e. The Labute approximate surface area is 67.3 Å². The van der Waals surface area contributed by atoms with Gasteiger partial charge in [0.2, 0.25) is 0 Å². The van der Waals surface area contributed by atoms with Crippen LogP contribution < -0.4 is 0 Å². The van der Waals surface area contributed by atoms with Gasteiger partial charge in [0.15, 0.2) is 0 Å². The van der Waals surface area contributed by atoms with E-state index in [-0.39, 0.29) is 12.1 Å². The van der Waals surface area contributed by atoms with E-state index in [1.54, 1.807) is 4.90 Å². The second-order valence-electron chi connectivity index (χ2n) is 3.43. The third-order valence-corrected chi connectivity index (χ3v) is 1.86. The maximum absolute atomic E-state index is 11.1. The van der Waals surface area contributed by atoms with Crippen molar-refractivity contribution in [2.24, 2.45) is 5.92 Å². The zero-order chi connectivity index (χ0) is 8.43. The van der Waals surface area contributed by atoms with E-state index < -0.39 is 0 Å². The Bertz CT molecular complexity index is 156. The molecule has 3 heteroatoms. The van der Waals surface area contributed by atoms with Gasteiger partial charge in [-0.3, -0.25) is 0 Å². The molecule has 0 bridgehead atoms. The zero-order valence-electron chi connectivity index (χ0n) is 7.33. The molecule has 1 atom stereocenters.